The lowest BCUT2D eigenvalue weighted by Gasteiger charge is -2.36. The van der Waals surface area contributed by atoms with Crippen molar-refractivity contribution >= 4 is 23.2 Å². The summed E-state index contributed by atoms with van der Waals surface area (Å²) in [4.78, 5) is 29.0. The zero-order valence-electron chi connectivity index (χ0n) is 16.2. The zero-order valence-corrected chi connectivity index (χ0v) is 16.2. The SMILES string of the molecule is O=C(NC1CC1)c1ccccc1NCC(=O)N1CCN(c2ccc(F)cc2)CC1. The number of carbonyl (C=O) groups excluding carboxylic acids is 2. The molecule has 1 aliphatic heterocycles. The quantitative estimate of drug-likeness (QED) is 0.788. The number of para-hydroxylation sites is 1. The fourth-order valence-corrected chi connectivity index (χ4v) is 3.47. The van der Waals surface area contributed by atoms with E-state index in [1.54, 1.807) is 18.2 Å². The number of anilines is 2. The second-order valence-corrected chi connectivity index (χ2v) is 7.49. The molecule has 1 heterocycles. The van der Waals surface area contributed by atoms with Gasteiger partial charge in [-0.3, -0.25) is 9.59 Å². The maximum Gasteiger partial charge on any atom is 0.253 e. The summed E-state index contributed by atoms with van der Waals surface area (Å²) in [5.74, 6) is -0.350. The van der Waals surface area contributed by atoms with Crippen molar-refractivity contribution in [2.75, 3.05) is 42.9 Å². The van der Waals surface area contributed by atoms with Gasteiger partial charge in [-0.25, -0.2) is 4.39 Å². The van der Waals surface area contributed by atoms with Crippen molar-refractivity contribution in [2.24, 2.45) is 0 Å². The smallest absolute Gasteiger partial charge is 0.253 e. The van der Waals surface area contributed by atoms with E-state index < -0.39 is 0 Å². The average molecular weight is 396 g/mol. The third-order valence-corrected chi connectivity index (χ3v) is 5.34. The van der Waals surface area contributed by atoms with E-state index in [0.717, 1.165) is 18.5 Å². The number of nitrogens with zero attached hydrogens (tertiary/aromatic N) is 2. The Balaban J connectivity index is 1.29. The van der Waals surface area contributed by atoms with Crippen LogP contribution in [0.1, 0.15) is 23.2 Å². The highest BCUT2D eigenvalue weighted by molar-refractivity contribution is 6.00. The highest BCUT2D eigenvalue weighted by Gasteiger charge is 2.25. The lowest BCUT2D eigenvalue weighted by Crippen LogP contribution is -2.50. The van der Waals surface area contributed by atoms with Gasteiger partial charge in [0, 0.05) is 43.6 Å². The number of benzene rings is 2. The van der Waals surface area contributed by atoms with Crippen molar-refractivity contribution in [1.82, 2.24) is 10.2 Å². The van der Waals surface area contributed by atoms with Crippen LogP contribution in [0.25, 0.3) is 0 Å². The number of hydrogen-bond donors (Lipinski definition) is 2. The molecule has 4 rings (SSSR count). The second-order valence-electron chi connectivity index (χ2n) is 7.49. The molecule has 2 aliphatic rings. The van der Waals surface area contributed by atoms with Crippen molar-refractivity contribution in [3.63, 3.8) is 0 Å². The molecule has 29 heavy (non-hydrogen) atoms. The Morgan fingerprint density at radius 3 is 2.34 bits per heavy atom. The van der Waals surface area contributed by atoms with E-state index in [-0.39, 0.29) is 30.2 Å². The van der Waals surface area contributed by atoms with E-state index >= 15 is 0 Å². The third kappa shape index (κ3) is 4.85. The first-order chi connectivity index (χ1) is 14.1. The molecule has 6 nitrogen and oxygen atoms in total. The molecule has 0 unspecified atom stereocenters. The first-order valence-electron chi connectivity index (χ1n) is 10.0. The number of nitrogens with one attached hydrogen (secondary N) is 2. The molecule has 0 spiro atoms. The predicted molar refractivity (Wildman–Crippen MR) is 111 cm³/mol. The van der Waals surface area contributed by atoms with Gasteiger partial charge in [-0.05, 0) is 49.2 Å². The molecule has 2 fully saturated rings. The van der Waals surface area contributed by atoms with Gasteiger partial charge in [0.05, 0.1) is 12.1 Å². The zero-order chi connectivity index (χ0) is 20.2. The van der Waals surface area contributed by atoms with Crippen LogP contribution in [0.4, 0.5) is 15.8 Å². The summed E-state index contributed by atoms with van der Waals surface area (Å²) in [5.41, 5.74) is 2.20. The van der Waals surface area contributed by atoms with Crippen molar-refractivity contribution in [1.29, 1.82) is 0 Å². The molecule has 2 aromatic carbocycles. The first-order valence-corrected chi connectivity index (χ1v) is 10.0. The number of carbonyl (C=O) groups is 2. The molecule has 0 bridgehead atoms. The van der Waals surface area contributed by atoms with Gasteiger partial charge in [0.25, 0.3) is 5.91 Å². The summed E-state index contributed by atoms with van der Waals surface area (Å²) in [7, 11) is 0. The maximum atomic E-state index is 13.1. The minimum atomic E-state index is -0.250. The minimum absolute atomic E-state index is 0.00107. The molecule has 0 atom stereocenters. The summed E-state index contributed by atoms with van der Waals surface area (Å²) in [6, 6.07) is 14.0. The summed E-state index contributed by atoms with van der Waals surface area (Å²) in [6.45, 7) is 2.78. The second kappa shape index (κ2) is 8.51. The lowest BCUT2D eigenvalue weighted by molar-refractivity contribution is -0.129. The van der Waals surface area contributed by atoms with Crippen molar-refractivity contribution in [3.8, 4) is 0 Å². The van der Waals surface area contributed by atoms with Crippen LogP contribution in [0.15, 0.2) is 48.5 Å². The molecule has 2 N–H and O–H groups in total. The van der Waals surface area contributed by atoms with Gasteiger partial charge in [0.15, 0.2) is 0 Å². The molecule has 0 aromatic heterocycles. The Morgan fingerprint density at radius 2 is 1.66 bits per heavy atom. The number of piperazine rings is 1. The van der Waals surface area contributed by atoms with Gasteiger partial charge in [-0.1, -0.05) is 12.1 Å². The van der Waals surface area contributed by atoms with Gasteiger partial charge in [-0.2, -0.15) is 0 Å². The monoisotopic (exact) mass is 396 g/mol. The van der Waals surface area contributed by atoms with Crippen LogP contribution in [0, 0.1) is 5.82 Å². The topological polar surface area (TPSA) is 64.7 Å². The van der Waals surface area contributed by atoms with Crippen LogP contribution >= 0.6 is 0 Å². The normalized spacial score (nSPS) is 16.4. The van der Waals surface area contributed by atoms with Crippen LogP contribution in [0.3, 0.4) is 0 Å². The molecule has 7 heteroatoms. The maximum absolute atomic E-state index is 13.1. The molecule has 1 saturated heterocycles. The van der Waals surface area contributed by atoms with Gasteiger partial charge < -0.3 is 20.4 Å². The molecule has 2 amide bonds. The van der Waals surface area contributed by atoms with E-state index in [4.69, 9.17) is 0 Å². The molecule has 2 aromatic rings. The number of rotatable bonds is 6. The summed E-state index contributed by atoms with van der Waals surface area (Å²) in [5, 5.41) is 6.11. The highest BCUT2D eigenvalue weighted by Crippen LogP contribution is 2.22. The summed E-state index contributed by atoms with van der Waals surface area (Å²) in [6.07, 6.45) is 2.06. The van der Waals surface area contributed by atoms with Crippen LogP contribution in [-0.4, -0.2) is 55.5 Å². The summed E-state index contributed by atoms with van der Waals surface area (Å²) >= 11 is 0. The van der Waals surface area contributed by atoms with Crippen LogP contribution < -0.4 is 15.5 Å². The van der Waals surface area contributed by atoms with Crippen molar-refractivity contribution in [3.05, 3.63) is 59.9 Å². The molecule has 1 aliphatic carbocycles. The standard InChI is InChI=1S/C22H25FN4O2/c23-16-5-9-18(10-6-16)26-11-13-27(14-12-26)21(28)15-24-20-4-2-1-3-19(20)22(29)25-17-7-8-17/h1-6,9-10,17,24H,7-8,11-15H2,(H,25,29). The predicted octanol–water partition coefficient (Wildman–Crippen LogP) is 2.48. The Hall–Kier alpha value is -3.09. The number of amides is 2. The highest BCUT2D eigenvalue weighted by atomic mass is 19.1. The van der Waals surface area contributed by atoms with Crippen LogP contribution in [0.5, 0.6) is 0 Å². The van der Waals surface area contributed by atoms with E-state index in [9.17, 15) is 14.0 Å². The summed E-state index contributed by atoms with van der Waals surface area (Å²) < 4.78 is 13.1. The molecule has 1 saturated carbocycles. The number of halogens is 1. The van der Waals surface area contributed by atoms with Gasteiger partial charge in [-0.15, -0.1) is 0 Å². The first kappa shape index (κ1) is 19.2. The largest absolute Gasteiger partial charge is 0.376 e. The fraction of sp³-hybridized carbons (Fsp3) is 0.364. The lowest BCUT2D eigenvalue weighted by atomic mass is 10.1. The van der Waals surface area contributed by atoms with Crippen LogP contribution in [0.2, 0.25) is 0 Å². The fourth-order valence-electron chi connectivity index (χ4n) is 3.47. The molecule has 152 valence electrons. The van der Waals surface area contributed by atoms with Crippen molar-refractivity contribution < 1.29 is 14.0 Å². The van der Waals surface area contributed by atoms with E-state index in [1.807, 2.05) is 23.1 Å². The van der Waals surface area contributed by atoms with Gasteiger partial charge in [0.1, 0.15) is 5.82 Å². The Labute approximate surface area is 169 Å². The van der Waals surface area contributed by atoms with Gasteiger partial charge in [0.2, 0.25) is 5.91 Å². The minimum Gasteiger partial charge on any atom is -0.376 e. The Bertz CT molecular complexity index is 875. The van der Waals surface area contributed by atoms with Crippen molar-refractivity contribution in [2.45, 2.75) is 18.9 Å². The van der Waals surface area contributed by atoms with E-state index in [0.29, 0.717) is 37.4 Å². The van der Waals surface area contributed by atoms with E-state index in [2.05, 4.69) is 15.5 Å². The van der Waals surface area contributed by atoms with Gasteiger partial charge >= 0.3 is 0 Å². The Morgan fingerprint density at radius 1 is 0.966 bits per heavy atom. The Kier molecular flexibility index (Phi) is 5.64. The molecular formula is C22H25FN4O2. The molecule has 0 radical (unpaired) electrons. The number of hydrogen-bond acceptors (Lipinski definition) is 4. The van der Waals surface area contributed by atoms with Crippen LogP contribution in [-0.2, 0) is 4.79 Å². The third-order valence-electron chi connectivity index (χ3n) is 5.34. The molecular weight excluding hydrogens is 371 g/mol. The van der Waals surface area contributed by atoms with E-state index in [1.165, 1.54) is 12.1 Å². The average Bonchev–Trinajstić information content (AvgIpc) is 3.57.